The van der Waals surface area contributed by atoms with Gasteiger partial charge in [0.05, 0.1) is 14.2 Å². The third-order valence-corrected chi connectivity index (χ3v) is 4.11. The molecule has 3 aromatic rings. The van der Waals surface area contributed by atoms with E-state index in [1.54, 1.807) is 20.3 Å². The molecule has 2 aromatic carbocycles. The van der Waals surface area contributed by atoms with Gasteiger partial charge in [0.15, 0.2) is 0 Å². The van der Waals surface area contributed by atoms with Gasteiger partial charge in [-0.1, -0.05) is 6.08 Å². The molecule has 0 radical (unpaired) electrons. The summed E-state index contributed by atoms with van der Waals surface area (Å²) in [5.41, 5.74) is 2.98. The summed E-state index contributed by atoms with van der Waals surface area (Å²) < 4.78 is 16.0. The van der Waals surface area contributed by atoms with Gasteiger partial charge in [0.2, 0.25) is 0 Å². The number of allylic oxidation sites excluding steroid dienone is 2. The first kappa shape index (κ1) is 17.6. The zero-order valence-corrected chi connectivity index (χ0v) is 15.0. The first-order valence-corrected chi connectivity index (χ1v) is 8.28. The first-order chi connectivity index (χ1) is 12.6. The van der Waals surface area contributed by atoms with Gasteiger partial charge >= 0.3 is 5.63 Å². The van der Waals surface area contributed by atoms with Crippen LogP contribution in [-0.4, -0.2) is 14.2 Å². The summed E-state index contributed by atoms with van der Waals surface area (Å²) in [6.07, 6.45) is 2.61. The smallest absolute Gasteiger partial charge is 0.336 e. The van der Waals surface area contributed by atoms with E-state index < -0.39 is 0 Å². The Labute approximate surface area is 151 Å². The van der Waals surface area contributed by atoms with Crippen LogP contribution in [0.4, 0.5) is 5.69 Å². The van der Waals surface area contributed by atoms with Crippen molar-refractivity contribution in [1.82, 2.24) is 0 Å². The highest BCUT2D eigenvalue weighted by atomic mass is 16.5. The molecule has 0 saturated heterocycles. The minimum atomic E-state index is -0.371. The standard InChI is InChI=1S/C21H21NO4/c1-14(22-16-7-9-17(24-2)10-8-16)4-11-18-19(25-3)12-5-15-6-13-20(23)26-21(15)18/h4-10,12-13,22H,11H2,1-3H3. The topological polar surface area (TPSA) is 60.7 Å². The summed E-state index contributed by atoms with van der Waals surface area (Å²) in [5.74, 6) is 1.51. The molecular weight excluding hydrogens is 330 g/mol. The second kappa shape index (κ2) is 7.78. The zero-order valence-electron chi connectivity index (χ0n) is 15.0. The summed E-state index contributed by atoms with van der Waals surface area (Å²) in [4.78, 5) is 11.6. The van der Waals surface area contributed by atoms with Crippen molar-refractivity contribution in [2.75, 3.05) is 19.5 Å². The summed E-state index contributed by atoms with van der Waals surface area (Å²) in [7, 11) is 3.25. The highest BCUT2D eigenvalue weighted by molar-refractivity contribution is 5.82. The predicted octanol–water partition coefficient (Wildman–Crippen LogP) is 4.37. The summed E-state index contributed by atoms with van der Waals surface area (Å²) in [6.45, 7) is 1.98. The molecule has 0 saturated carbocycles. The molecule has 0 aliphatic rings. The van der Waals surface area contributed by atoms with Gasteiger partial charge in [0.25, 0.3) is 0 Å². The van der Waals surface area contributed by atoms with Crippen LogP contribution < -0.4 is 20.4 Å². The molecule has 0 unspecified atom stereocenters. The Balaban J connectivity index is 1.86. The predicted molar refractivity (Wildman–Crippen MR) is 103 cm³/mol. The number of hydrogen-bond donors (Lipinski definition) is 1. The summed E-state index contributed by atoms with van der Waals surface area (Å²) >= 11 is 0. The molecule has 26 heavy (non-hydrogen) atoms. The SMILES string of the molecule is COc1ccc(NC(C)=CCc2c(OC)ccc3ccc(=O)oc23)cc1. The van der Waals surface area contributed by atoms with E-state index in [1.165, 1.54) is 6.07 Å². The minimum Gasteiger partial charge on any atom is -0.497 e. The molecule has 0 aliphatic heterocycles. The zero-order chi connectivity index (χ0) is 18.5. The van der Waals surface area contributed by atoms with Crippen molar-refractivity contribution in [3.05, 3.63) is 76.3 Å². The Bertz CT molecular complexity index is 987. The summed E-state index contributed by atoms with van der Waals surface area (Å²) in [5, 5.41) is 4.20. The van der Waals surface area contributed by atoms with Gasteiger partial charge in [-0.25, -0.2) is 4.79 Å². The summed E-state index contributed by atoms with van der Waals surface area (Å²) in [6, 6.07) is 14.7. The second-order valence-electron chi connectivity index (χ2n) is 5.86. The molecular formula is C21H21NO4. The van der Waals surface area contributed by atoms with Crippen LogP contribution in [0.1, 0.15) is 12.5 Å². The van der Waals surface area contributed by atoms with Crippen molar-refractivity contribution in [3.63, 3.8) is 0 Å². The van der Waals surface area contributed by atoms with Gasteiger partial charge in [-0.05, 0) is 55.8 Å². The van der Waals surface area contributed by atoms with Gasteiger partial charge in [-0.3, -0.25) is 0 Å². The minimum absolute atomic E-state index is 0.371. The lowest BCUT2D eigenvalue weighted by atomic mass is 10.1. The second-order valence-corrected chi connectivity index (χ2v) is 5.86. The van der Waals surface area contributed by atoms with Crippen LogP contribution >= 0.6 is 0 Å². The van der Waals surface area contributed by atoms with Crippen LogP contribution in [0.5, 0.6) is 11.5 Å². The molecule has 0 spiro atoms. The fraction of sp³-hybridized carbons (Fsp3) is 0.190. The number of methoxy groups -OCH3 is 2. The van der Waals surface area contributed by atoms with E-state index in [9.17, 15) is 4.79 Å². The number of benzene rings is 2. The maximum Gasteiger partial charge on any atom is 0.336 e. The molecule has 5 nitrogen and oxygen atoms in total. The van der Waals surface area contributed by atoms with E-state index in [0.29, 0.717) is 17.8 Å². The third kappa shape index (κ3) is 3.88. The Morgan fingerprint density at radius 2 is 1.77 bits per heavy atom. The third-order valence-electron chi connectivity index (χ3n) is 4.11. The highest BCUT2D eigenvalue weighted by Gasteiger charge is 2.10. The quantitative estimate of drug-likeness (QED) is 0.668. The monoisotopic (exact) mass is 351 g/mol. The largest absolute Gasteiger partial charge is 0.497 e. The van der Waals surface area contributed by atoms with E-state index >= 15 is 0 Å². The van der Waals surface area contributed by atoms with Gasteiger partial charge in [0, 0.05) is 28.4 Å². The Kier molecular flexibility index (Phi) is 5.27. The number of hydrogen-bond acceptors (Lipinski definition) is 5. The lowest BCUT2D eigenvalue weighted by molar-refractivity contribution is 0.409. The number of ether oxygens (including phenoxy) is 2. The van der Waals surface area contributed by atoms with Crippen LogP contribution in [0.3, 0.4) is 0 Å². The molecule has 1 N–H and O–H groups in total. The van der Waals surface area contributed by atoms with E-state index in [-0.39, 0.29) is 5.63 Å². The fourth-order valence-corrected chi connectivity index (χ4v) is 2.76. The molecule has 0 amide bonds. The van der Waals surface area contributed by atoms with Gasteiger partial charge in [0.1, 0.15) is 17.1 Å². The average molecular weight is 351 g/mol. The Morgan fingerprint density at radius 1 is 1.04 bits per heavy atom. The number of nitrogens with one attached hydrogen (secondary N) is 1. The van der Waals surface area contributed by atoms with Crippen LogP contribution in [-0.2, 0) is 6.42 Å². The fourth-order valence-electron chi connectivity index (χ4n) is 2.76. The van der Waals surface area contributed by atoms with Crippen molar-refractivity contribution in [2.24, 2.45) is 0 Å². The molecule has 1 heterocycles. The van der Waals surface area contributed by atoms with Crippen molar-refractivity contribution in [2.45, 2.75) is 13.3 Å². The maximum atomic E-state index is 11.6. The van der Waals surface area contributed by atoms with Gasteiger partial charge < -0.3 is 19.2 Å². The number of anilines is 1. The van der Waals surface area contributed by atoms with E-state index in [0.717, 1.165) is 28.1 Å². The van der Waals surface area contributed by atoms with Crippen LogP contribution in [0.15, 0.2) is 69.5 Å². The van der Waals surface area contributed by atoms with Gasteiger partial charge in [-0.15, -0.1) is 0 Å². The molecule has 0 fully saturated rings. The molecule has 0 aliphatic carbocycles. The highest BCUT2D eigenvalue weighted by Crippen LogP contribution is 2.28. The average Bonchev–Trinajstić information content (AvgIpc) is 2.66. The number of fused-ring (bicyclic) bond motifs is 1. The normalized spacial score (nSPS) is 11.4. The van der Waals surface area contributed by atoms with Crippen LogP contribution in [0, 0.1) is 0 Å². The lowest BCUT2D eigenvalue weighted by Gasteiger charge is -2.11. The van der Waals surface area contributed by atoms with Crippen molar-refractivity contribution in [3.8, 4) is 11.5 Å². The molecule has 1 aromatic heterocycles. The molecule has 134 valence electrons. The van der Waals surface area contributed by atoms with E-state index in [1.807, 2.05) is 49.4 Å². The Hall–Kier alpha value is -3.21. The van der Waals surface area contributed by atoms with Gasteiger partial charge in [-0.2, -0.15) is 0 Å². The van der Waals surface area contributed by atoms with Crippen molar-refractivity contribution < 1.29 is 13.9 Å². The maximum absolute atomic E-state index is 11.6. The number of rotatable bonds is 6. The molecule has 0 bridgehead atoms. The van der Waals surface area contributed by atoms with Crippen molar-refractivity contribution in [1.29, 1.82) is 0 Å². The Morgan fingerprint density at radius 3 is 2.46 bits per heavy atom. The first-order valence-electron chi connectivity index (χ1n) is 8.28. The van der Waals surface area contributed by atoms with Crippen molar-refractivity contribution >= 4 is 16.7 Å². The lowest BCUT2D eigenvalue weighted by Crippen LogP contribution is -2.00. The van der Waals surface area contributed by atoms with E-state index in [4.69, 9.17) is 13.9 Å². The molecule has 3 rings (SSSR count). The molecule has 0 atom stereocenters. The van der Waals surface area contributed by atoms with Crippen LogP contribution in [0.2, 0.25) is 0 Å². The molecule has 5 heteroatoms. The van der Waals surface area contributed by atoms with Crippen LogP contribution in [0.25, 0.3) is 11.0 Å². The van der Waals surface area contributed by atoms with E-state index in [2.05, 4.69) is 5.32 Å².